The number of nitrogens with zero attached hydrogens (tertiary/aromatic N) is 1. The van der Waals surface area contributed by atoms with Crippen molar-refractivity contribution in [2.45, 2.75) is 25.9 Å². The number of aromatic nitrogens is 2. The van der Waals surface area contributed by atoms with E-state index in [1.54, 1.807) is 0 Å². The fraction of sp³-hybridized carbons (Fsp3) is 0.700. The number of ether oxygens (including phenoxy) is 1. The molecule has 0 bridgehead atoms. The number of H-pyrrole nitrogens is 1. The van der Waals surface area contributed by atoms with Crippen LogP contribution in [0.25, 0.3) is 0 Å². The van der Waals surface area contributed by atoms with Gasteiger partial charge in [0, 0.05) is 25.0 Å². The second-order valence-electron chi connectivity index (χ2n) is 3.94. The fourth-order valence-electron chi connectivity index (χ4n) is 1.55. The molecule has 1 aliphatic rings. The largest absolute Gasteiger partial charge is 0.368 e. The van der Waals surface area contributed by atoms with E-state index in [4.69, 9.17) is 4.74 Å². The van der Waals surface area contributed by atoms with Gasteiger partial charge in [0.15, 0.2) is 0 Å². The molecule has 4 heteroatoms. The van der Waals surface area contributed by atoms with E-state index in [2.05, 4.69) is 29.1 Å². The van der Waals surface area contributed by atoms with E-state index >= 15 is 0 Å². The van der Waals surface area contributed by atoms with Gasteiger partial charge in [0.05, 0.1) is 6.61 Å². The van der Waals surface area contributed by atoms with E-state index in [0.29, 0.717) is 5.92 Å². The quantitative estimate of drug-likeness (QED) is 0.745. The maximum Gasteiger partial charge on any atom is 0.136 e. The number of imidazole rings is 1. The number of morpholine rings is 1. The molecule has 1 fully saturated rings. The van der Waals surface area contributed by atoms with Gasteiger partial charge in [-0.25, -0.2) is 4.98 Å². The third kappa shape index (κ3) is 1.96. The molecule has 1 unspecified atom stereocenters. The lowest BCUT2D eigenvalue weighted by molar-refractivity contribution is 0.0226. The van der Waals surface area contributed by atoms with Crippen molar-refractivity contribution in [3.8, 4) is 0 Å². The SMILES string of the molecule is CC(C)c1cnc(C2CNCCO2)[nH]1. The first-order chi connectivity index (χ1) is 6.77. The summed E-state index contributed by atoms with van der Waals surface area (Å²) in [7, 11) is 0. The molecular weight excluding hydrogens is 178 g/mol. The normalized spacial score (nSPS) is 22.9. The molecule has 14 heavy (non-hydrogen) atoms. The van der Waals surface area contributed by atoms with Crippen LogP contribution in [0.15, 0.2) is 6.20 Å². The van der Waals surface area contributed by atoms with Gasteiger partial charge in [-0.3, -0.25) is 0 Å². The van der Waals surface area contributed by atoms with Crippen molar-refractivity contribution >= 4 is 0 Å². The second-order valence-corrected chi connectivity index (χ2v) is 3.94. The summed E-state index contributed by atoms with van der Waals surface area (Å²) in [5.74, 6) is 1.44. The minimum atomic E-state index is 0.0937. The van der Waals surface area contributed by atoms with Crippen LogP contribution in [0.3, 0.4) is 0 Å². The van der Waals surface area contributed by atoms with E-state index < -0.39 is 0 Å². The van der Waals surface area contributed by atoms with Crippen LogP contribution in [0, 0.1) is 0 Å². The van der Waals surface area contributed by atoms with Crippen LogP contribution in [0.5, 0.6) is 0 Å². The second kappa shape index (κ2) is 4.11. The number of nitrogens with one attached hydrogen (secondary N) is 2. The van der Waals surface area contributed by atoms with Gasteiger partial charge in [0.25, 0.3) is 0 Å². The van der Waals surface area contributed by atoms with Crippen molar-refractivity contribution in [3.05, 3.63) is 17.7 Å². The van der Waals surface area contributed by atoms with Crippen LogP contribution in [0.1, 0.15) is 37.4 Å². The topological polar surface area (TPSA) is 49.9 Å². The van der Waals surface area contributed by atoms with Gasteiger partial charge in [-0.05, 0) is 5.92 Å². The molecule has 0 aromatic carbocycles. The lowest BCUT2D eigenvalue weighted by atomic mass is 10.2. The first-order valence-corrected chi connectivity index (χ1v) is 5.14. The Hall–Kier alpha value is -0.870. The lowest BCUT2D eigenvalue weighted by Gasteiger charge is -2.21. The fourth-order valence-corrected chi connectivity index (χ4v) is 1.55. The number of hydrogen-bond donors (Lipinski definition) is 2. The van der Waals surface area contributed by atoms with Gasteiger partial charge in [-0.15, -0.1) is 0 Å². The van der Waals surface area contributed by atoms with Gasteiger partial charge in [0.1, 0.15) is 11.9 Å². The monoisotopic (exact) mass is 195 g/mol. The summed E-state index contributed by atoms with van der Waals surface area (Å²) in [6, 6.07) is 0. The van der Waals surface area contributed by atoms with Crippen molar-refractivity contribution in [2.75, 3.05) is 19.7 Å². The summed E-state index contributed by atoms with van der Waals surface area (Å²) in [4.78, 5) is 7.65. The van der Waals surface area contributed by atoms with E-state index in [0.717, 1.165) is 25.5 Å². The number of hydrogen-bond acceptors (Lipinski definition) is 3. The minimum absolute atomic E-state index is 0.0937. The van der Waals surface area contributed by atoms with Gasteiger partial charge in [-0.1, -0.05) is 13.8 Å². The van der Waals surface area contributed by atoms with E-state index in [-0.39, 0.29) is 6.10 Å². The molecule has 1 aromatic rings. The van der Waals surface area contributed by atoms with Crippen LogP contribution >= 0.6 is 0 Å². The van der Waals surface area contributed by atoms with Crippen molar-refractivity contribution in [1.82, 2.24) is 15.3 Å². The summed E-state index contributed by atoms with van der Waals surface area (Å²) >= 11 is 0. The molecule has 2 heterocycles. The van der Waals surface area contributed by atoms with Crippen molar-refractivity contribution in [2.24, 2.45) is 0 Å². The zero-order valence-corrected chi connectivity index (χ0v) is 8.71. The first-order valence-electron chi connectivity index (χ1n) is 5.14. The summed E-state index contributed by atoms with van der Waals surface area (Å²) < 4.78 is 5.60. The molecule has 0 saturated carbocycles. The molecular formula is C10H17N3O. The third-order valence-corrected chi connectivity index (χ3v) is 2.47. The Kier molecular flexibility index (Phi) is 2.84. The van der Waals surface area contributed by atoms with Crippen LogP contribution in [-0.2, 0) is 4.74 Å². The average molecular weight is 195 g/mol. The molecule has 0 radical (unpaired) electrons. The Morgan fingerprint density at radius 2 is 2.43 bits per heavy atom. The Labute approximate surface area is 84.1 Å². The molecule has 0 aliphatic carbocycles. The Morgan fingerprint density at radius 1 is 1.57 bits per heavy atom. The zero-order chi connectivity index (χ0) is 9.97. The molecule has 1 aliphatic heterocycles. The van der Waals surface area contributed by atoms with Crippen molar-refractivity contribution < 1.29 is 4.74 Å². The predicted molar refractivity (Wildman–Crippen MR) is 54.2 cm³/mol. The molecule has 0 amide bonds. The number of aromatic amines is 1. The molecule has 0 spiro atoms. The third-order valence-electron chi connectivity index (χ3n) is 2.47. The maximum atomic E-state index is 5.60. The molecule has 4 nitrogen and oxygen atoms in total. The maximum absolute atomic E-state index is 5.60. The molecule has 1 atom stereocenters. The predicted octanol–water partition coefficient (Wildman–Crippen LogP) is 1.19. The van der Waals surface area contributed by atoms with Crippen molar-refractivity contribution in [1.29, 1.82) is 0 Å². The highest BCUT2D eigenvalue weighted by Gasteiger charge is 2.18. The summed E-state index contributed by atoms with van der Waals surface area (Å²) in [6.07, 6.45) is 1.99. The van der Waals surface area contributed by atoms with E-state index in [1.165, 1.54) is 5.69 Å². The minimum Gasteiger partial charge on any atom is -0.368 e. The highest BCUT2D eigenvalue weighted by molar-refractivity contribution is 5.07. The van der Waals surface area contributed by atoms with Crippen LogP contribution in [0.2, 0.25) is 0 Å². The summed E-state index contributed by atoms with van der Waals surface area (Å²) in [6.45, 7) is 6.86. The standard InChI is InChI=1S/C10H17N3O/c1-7(2)8-5-12-10(13-8)9-6-11-3-4-14-9/h5,7,9,11H,3-4,6H2,1-2H3,(H,12,13). The van der Waals surface area contributed by atoms with Crippen molar-refractivity contribution in [3.63, 3.8) is 0 Å². The van der Waals surface area contributed by atoms with Gasteiger partial charge in [-0.2, -0.15) is 0 Å². The highest BCUT2D eigenvalue weighted by atomic mass is 16.5. The zero-order valence-electron chi connectivity index (χ0n) is 8.71. The smallest absolute Gasteiger partial charge is 0.136 e. The lowest BCUT2D eigenvalue weighted by Crippen LogP contribution is -2.33. The molecule has 2 rings (SSSR count). The van der Waals surface area contributed by atoms with Crippen LogP contribution < -0.4 is 5.32 Å². The molecule has 78 valence electrons. The number of rotatable bonds is 2. The van der Waals surface area contributed by atoms with Crippen LogP contribution in [0.4, 0.5) is 0 Å². The van der Waals surface area contributed by atoms with Crippen LogP contribution in [-0.4, -0.2) is 29.7 Å². The summed E-state index contributed by atoms with van der Waals surface area (Å²) in [5.41, 5.74) is 1.18. The first kappa shape index (κ1) is 9.68. The Bertz CT molecular complexity index is 289. The van der Waals surface area contributed by atoms with Gasteiger partial charge < -0.3 is 15.0 Å². The summed E-state index contributed by atoms with van der Waals surface area (Å²) in [5, 5.41) is 3.29. The van der Waals surface area contributed by atoms with E-state index in [1.807, 2.05) is 6.20 Å². The highest BCUT2D eigenvalue weighted by Crippen LogP contribution is 2.18. The molecule has 2 N–H and O–H groups in total. The molecule has 1 saturated heterocycles. The Balaban J connectivity index is 2.07. The van der Waals surface area contributed by atoms with E-state index in [9.17, 15) is 0 Å². The van der Waals surface area contributed by atoms with Gasteiger partial charge in [0.2, 0.25) is 0 Å². The van der Waals surface area contributed by atoms with Gasteiger partial charge >= 0.3 is 0 Å². The Morgan fingerprint density at radius 3 is 3.00 bits per heavy atom. The molecule has 1 aromatic heterocycles. The average Bonchev–Trinajstić information content (AvgIpc) is 2.68.